The molecule has 6 aromatic carbocycles. The number of anilines is 3. The predicted molar refractivity (Wildman–Crippen MR) is 169 cm³/mol. The van der Waals surface area contributed by atoms with Gasteiger partial charge in [-0.05, 0) is 60.7 Å². The zero-order valence-corrected chi connectivity index (χ0v) is 22.1. The molecular formula is C37H24N4. The summed E-state index contributed by atoms with van der Waals surface area (Å²) in [5, 5.41) is 2.44. The van der Waals surface area contributed by atoms with Crippen LogP contribution in [0.2, 0.25) is 0 Å². The monoisotopic (exact) mass is 524 g/mol. The number of rotatable bonds is 2. The van der Waals surface area contributed by atoms with Gasteiger partial charge in [-0.2, -0.15) is 0 Å². The molecule has 8 aromatic rings. The van der Waals surface area contributed by atoms with E-state index in [9.17, 15) is 0 Å². The van der Waals surface area contributed by atoms with E-state index in [-0.39, 0.29) is 0 Å². The molecule has 0 bridgehead atoms. The van der Waals surface area contributed by atoms with E-state index in [1.54, 1.807) is 0 Å². The van der Waals surface area contributed by atoms with E-state index in [1.807, 2.05) is 0 Å². The zero-order chi connectivity index (χ0) is 26.9. The van der Waals surface area contributed by atoms with Crippen LogP contribution in [0, 0.1) is 0 Å². The summed E-state index contributed by atoms with van der Waals surface area (Å²) in [5.41, 5.74) is 11.3. The average Bonchev–Trinajstić information content (AvgIpc) is 3.54. The molecule has 0 unspecified atom stereocenters. The summed E-state index contributed by atoms with van der Waals surface area (Å²) < 4.78 is 4.66. The molecule has 1 aliphatic heterocycles. The summed E-state index contributed by atoms with van der Waals surface area (Å²) in [5.74, 6) is 0.884. The molecule has 3 heterocycles. The Bertz CT molecular complexity index is 2270. The lowest BCUT2D eigenvalue weighted by Gasteiger charge is -2.24. The minimum atomic E-state index is 0.884. The standard InChI is InChI=1S/C37H24N4/c1-2-12-25(13-3-1)39-32-18-8-6-16-29(32)30-24-26(22-23-35(30)39)40-33-19-9-4-14-27(33)28-15-5-10-20-34(28)41-36-21-11-7-17-31(36)38-37(40)41/h1-24H. The van der Waals surface area contributed by atoms with Crippen molar-refractivity contribution in [2.75, 3.05) is 4.90 Å². The lowest BCUT2D eigenvalue weighted by atomic mass is 10.0. The highest BCUT2D eigenvalue weighted by Crippen LogP contribution is 2.48. The van der Waals surface area contributed by atoms with Crippen LogP contribution >= 0.6 is 0 Å². The lowest BCUT2D eigenvalue weighted by Crippen LogP contribution is -2.14. The van der Waals surface area contributed by atoms with E-state index in [4.69, 9.17) is 4.98 Å². The van der Waals surface area contributed by atoms with Crippen molar-refractivity contribution in [3.63, 3.8) is 0 Å². The van der Waals surface area contributed by atoms with Gasteiger partial charge in [-0.15, -0.1) is 0 Å². The van der Waals surface area contributed by atoms with E-state index >= 15 is 0 Å². The van der Waals surface area contributed by atoms with Crippen LogP contribution in [0.25, 0.3) is 55.3 Å². The first-order valence-electron chi connectivity index (χ1n) is 13.9. The van der Waals surface area contributed by atoms with E-state index in [2.05, 4.69) is 160 Å². The molecule has 0 fully saturated rings. The normalized spacial score (nSPS) is 12.3. The highest BCUT2D eigenvalue weighted by Gasteiger charge is 2.29. The Balaban J connectivity index is 1.38. The molecule has 2 aromatic heterocycles. The first-order valence-corrected chi connectivity index (χ1v) is 13.9. The summed E-state index contributed by atoms with van der Waals surface area (Å²) in [4.78, 5) is 7.57. The quantitative estimate of drug-likeness (QED) is 0.225. The van der Waals surface area contributed by atoms with Gasteiger partial charge in [-0.1, -0.05) is 84.9 Å². The van der Waals surface area contributed by atoms with Gasteiger partial charge in [0.25, 0.3) is 0 Å². The Hall–Kier alpha value is -5.61. The molecule has 1 aliphatic rings. The lowest BCUT2D eigenvalue weighted by molar-refractivity contribution is 1.05. The first-order chi connectivity index (χ1) is 20.4. The van der Waals surface area contributed by atoms with Crippen molar-refractivity contribution in [2.45, 2.75) is 0 Å². The molecule has 0 aliphatic carbocycles. The molecular weight excluding hydrogens is 500 g/mol. The van der Waals surface area contributed by atoms with E-state index in [0.29, 0.717) is 0 Å². The summed E-state index contributed by atoms with van der Waals surface area (Å²) in [6.07, 6.45) is 0. The van der Waals surface area contributed by atoms with E-state index < -0.39 is 0 Å². The smallest absolute Gasteiger partial charge is 0.220 e. The van der Waals surface area contributed by atoms with Crippen LogP contribution in [0.3, 0.4) is 0 Å². The largest absolute Gasteiger partial charge is 0.309 e. The van der Waals surface area contributed by atoms with Gasteiger partial charge in [0, 0.05) is 33.3 Å². The maximum absolute atomic E-state index is 5.25. The average molecular weight is 525 g/mol. The number of para-hydroxylation sites is 6. The Morgan fingerprint density at radius 3 is 1.90 bits per heavy atom. The molecule has 0 spiro atoms. The van der Waals surface area contributed by atoms with Crippen molar-refractivity contribution < 1.29 is 0 Å². The van der Waals surface area contributed by atoms with Crippen molar-refractivity contribution in [3.8, 4) is 22.5 Å². The van der Waals surface area contributed by atoms with Crippen LogP contribution in [0.4, 0.5) is 17.3 Å². The minimum absolute atomic E-state index is 0.884. The Morgan fingerprint density at radius 1 is 0.415 bits per heavy atom. The number of aromatic nitrogens is 3. The SMILES string of the molecule is c1ccc(-n2c3ccccc3c3cc(N4c5ccccc5-c5ccccc5-n5c4nc4ccccc45)ccc32)cc1. The Labute approximate surface area is 237 Å². The van der Waals surface area contributed by atoms with Crippen molar-refractivity contribution in [1.29, 1.82) is 0 Å². The maximum Gasteiger partial charge on any atom is 0.220 e. The van der Waals surface area contributed by atoms with E-state index in [1.165, 1.54) is 32.9 Å². The fourth-order valence-electron chi connectivity index (χ4n) is 6.51. The molecule has 0 radical (unpaired) electrons. The van der Waals surface area contributed by atoms with Gasteiger partial charge in [-0.3, -0.25) is 9.47 Å². The topological polar surface area (TPSA) is 26.0 Å². The third-order valence-corrected chi connectivity index (χ3v) is 8.25. The molecule has 0 N–H and O–H groups in total. The van der Waals surface area contributed by atoms with Gasteiger partial charge < -0.3 is 4.57 Å². The van der Waals surface area contributed by atoms with Crippen molar-refractivity contribution in [2.24, 2.45) is 0 Å². The molecule has 0 atom stereocenters. The van der Waals surface area contributed by atoms with E-state index in [0.717, 1.165) is 39.7 Å². The number of imidazole rings is 1. The summed E-state index contributed by atoms with van der Waals surface area (Å²) in [6.45, 7) is 0. The fraction of sp³-hybridized carbons (Fsp3) is 0. The number of nitrogens with zero attached hydrogens (tertiary/aromatic N) is 4. The highest BCUT2D eigenvalue weighted by atomic mass is 15.3. The number of hydrogen-bond acceptors (Lipinski definition) is 2. The Kier molecular flexibility index (Phi) is 4.58. The van der Waals surface area contributed by atoms with Crippen LogP contribution in [0.5, 0.6) is 0 Å². The van der Waals surface area contributed by atoms with Crippen molar-refractivity contribution in [1.82, 2.24) is 14.1 Å². The van der Waals surface area contributed by atoms with Crippen molar-refractivity contribution >= 4 is 50.2 Å². The van der Waals surface area contributed by atoms with Gasteiger partial charge in [0.2, 0.25) is 5.95 Å². The molecule has 0 amide bonds. The molecule has 192 valence electrons. The zero-order valence-electron chi connectivity index (χ0n) is 22.1. The molecule has 0 saturated heterocycles. The van der Waals surface area contributed by atoms with Crippen LogP contribution in [-0.2, 0) is 0 Å². The van der Waals surface area contributed by atoms with Crippen LogP contribution < -0.4 is 4.90 Å². The second kappa shape index (κ2) is 8.44. The third kappa shape index (κ3) is 3.13. The summed E-state index contributed by atoms with van der Waals surface area (Å²) in [6, 6.07) is 51.8. The molecule has 9 rings (SSSR count). The van der Waals surface area contributed by atoms with Gasteiger partial charge in [0.15, 0.2) is 0 Å². The summed E-state index contributed by atoms with van der Waals surface area (Å²) in [7, 11) is 0. The molecule has 41 heavy (non-hydrogen) atoms. The number of fused-ring (bicyclic) bond motifs is 10. The van der Waals surface area contributed by atoms with Gasteiger partial charge >= 0.3 is 0 Å². The van der Waals surface area contributed by atoms with Crippen LogP contribution in [0.15, 0.2) is 146 Å². The number of benzene rings is 6. The van der Waals surface area contributed by atoms with Gasteiger partial charge in [-0.25, -0.2) is 4.98 Å². The van der Waals surface area contributed by atoms with Crippen LogP contribution in [0.1, 0.15) is 0 Å². The minimum Gasteiger partial charge on any atom is -0.309 e. The molecule has 0 saturated carbocycles. The second-order valence-electron chi connectivity index (χ2n) is 10.5. The Morgan fingerprint density at radius 2 is 1.05 bits per heavy atom. The predicted octanol–water partition coefficient (Wildman–Crippen LogP) is 9.57. The molecule has 4 heteroatoms. The first kappa shape index (κ1) is 22.2. The van der Waals surface area contributed by atoms with Crippen LogP contribution in [-0.4, -0.2) is 14.1 Å². The molecule has 4 nitrogen and oxygen atoms in total. The summed E-state index contributed by atoms with van der Waals surface area (Å²) >= 11 is 0. The second-order valence-corrected chi connectivity index (χ2v) is 10.5. The highest BCUT2D eigenvalue weighted by molar-refractivity contribution is 6.11. The third-order valence-electron chi connectivity index (χ3n) is 8.25. The number of hydrogen-bond donors (Lipinski definition) is 0. The van der Waals surface area contributed by atoms with Gasteiger partial charge in [0.05, 0.1) is 33.4 Å². The van der Waals surface area contributed by atoms with Gasteiger partial charge in [0.1, 0.15) is 0 Å². The van der Waals surface area contributed by atoms with Crippen molar-refractivity contribution in [3.05, 3.63) is 146 Å². The fourth-order valence-corrected chi connectivity index (χ4v) is 6.51. The maximum atomic E-state index is 5.25.